The molecule has 0 atom stereocenters. The van der Waals surface area contributed by atoms with E-state index in [-0.39, 0.29) is 34.8 Å². The Morgan fingerprint density at radius 3 is 2.31 bits per heavy atom. The van der Waals surface area contributed by atoms with Crippen molar-refractivity contribution in [3.8, 4) is 23.0 Å². The molecule has 0 bridgehead atoms. The van der Waals surface area contributed by atoms with Gasteiger partial charge in [-0.05, 0) is 0 Å². The van der Waals surface area contributed by atoms with Crippen LogP contribution in [0.25, 0.3) is 11.5 Å². The van der Waals surface area contributed by atoms with Gasteiger partial charge in [0, 0.05) is 30.6 Å². The molecular weight excluding hydrogens is 434 g/mol. The van der Waals surface area contributed by atoms with E-state index in [2.05, 4.69) is 25.3 Å². The molecule has 0 aliphatic rings. The second-order valence-electron chi connectivity index (χ2n) is 5.36. The van der Waals surface area contributed by atoms with Crippen LogP contribution in [-0.2, 0) is 6.18 Å². The van der Waals surface area contributed by atoms with Crippen molar-refractivity contribution in [3.63, 3.8) is 0 Å². The molecule has 3 rings (SSSR count). The van der Waals surface area contributed by atoms with Crippen molar-refractivity contribution in [2.24, 2.45) is 0 Å². The molecule has 154 valence electrons. The molecule has 3 aromatic rings. The second kappa shape index (κ2) is 9.10. The lowest BCUT2D eigenvalue weighted by Gasteiger charge is -2.15. The predicted octanol–water partition coefficient (Wildman–Crippen LogP) is 4.79. The third kappa shape index (κ3) is 5.15. The standard InChI is InChI=1S/C17H13ClF3N5O2.ClH/c1-27-12-6-10(13(28-2)5-9(12)18)24-15-7-14(17(19,20)21)25-16(26-15)11-8-22-3-4-23-11;/h3-8H,1-2H3,(H,24,25,26);1H. The van der Waals surface area contributed by atoms with Crippen LogP contribution in [0.5, 0.6) is 11.5 Å². The molecule has 29 heavy (non-hydrogen) atoms. The quantitative estimate of drug-likeness (QED) is 0.601. The van der Waals surface area contributed by atoms with Crippen LogP contribution in [0.2, 0.25) is 5.02 Å². The minimum Gasteiger partial charge on any atom is -0.495 e. The Kier molecular flexibility index (Phi) is 7.04. The maximum absolute atomic E-state index is 13.3. The highest BCUT2D eigenvalue weighted by Crippen LogP contribution is 2.38. The fourth-order valence-corrected chi connectivity index (χ4v) is 2.51. The number of hydrogen-bond acceptors (Lipinski definition) is 7. The van der Waals surface area contributed by atoms with Gasteiger partial charge in [-0.2, -0.15) is 13.2 Å². The second-order valence-corrected chi connectivity index (χ2v) is 5.77. The highest BCUT2D eigenvalue weighted by molar-refractivity contribution is 6.32. The van der Waals surface area contributed by atoms with Crippen LogP contribution >= 0.6 is 24.0 Å². The van der Waals surface area contributed by atoms with Crippen LogP contribution in [0, 0.1) is 0 Å². The molecule has 7 nitrogen and oxygen atoms in total. The summed E-state index contributed by atoms with van der Waals surface area (Å²) < 4.78 is 50.3. The SMILES string of the molecule is COc1cc(Nc2cc(C(F)(F)F)nc(-c3cnccn3)n2)c(OC)cc1Cl.Cl. The summed E-state index contributed by atoms with van der Waals surface area (Å²) >= 11 is 6.05. The molecular formula is C17H14Cl2F3N5O2. The first-order valence-electron chi connectivity index (χ1n) is 7.73. The molecule has 0 unspecified atom stereocenters. The molecule has 2 aromatic heterocycles. The van der Waals surface area contributed by atoms with Crippen LogP contribution in [-0.4, -0.2) is 34.2 Å². The zero-order chi connectivity index (χ0) is 20.3. The first kappa shape index (κ1) is 22.4. The lowest BCUT2D eigenvalue weighted by molar-refractivity contribution is -0.141. The van der Waals surface area contributed by atoms with Crippen LogP contribution in [0.1, 0.15) is 5.69 Å². The number of hydrogen-bond donors (Lipinski definition) is 1. The maximum atomic E-state index is 13.3. The van der Waals surface area contributed by atoms with E-state index in [4.69, 9.17) is 21.1 Å². The molecule has 0 aliphatic carbocycles. The number of ether oxygens (including phenoxy) is 2. The Bertz CT molecular complexity index is 991. The van der Waals surface area contributed by atoms with Gasteiger partial charge < -0.3 is 14.8 Å². The smallest absolute Gasteiger partial charge is 0.433 e. The zero-order valence-corrected chi connectivity index (χ0v) is 16.6. The lowest BCUT2D eigenvalue weighted by Crippen LogP contribution is -2.11. The van der Waals surface area contributed by atoms with Gasteiger partial charge >= 0.3 is 6.18 Å². The normalized spacial score (nSPS) is 10.8. The Morgan fingerprint density at radius 1 is 1.00 bits per heavy atom. The molecule has 1 N–H and O–H groups in total. The van der Waals surface area contributed by atoms with E-state index in [9.17, 15) is 13.2 Å². The van der Waals surface area contributed by atoms with Gasteiger partial charge in [0.15, 0.2) is 11.5 Å². The van der Waals surface area contributed by atoms with Gasteiger partial charge in [-0.15, -0.1) is 12.4 Å². The molecule has 0 fully saturated rings. The van der Waals surface area contributed by atoms with Gasteiger partial charge in [-0.3, -0.25) is 4.98 Å². The molecule has 0 aliphatic heterocycles. The fourth-order valence-electron chi connectivity index (χ4n) is 2.28. The highest BCUT2D eigenvalue weighted by Gasteiger charge is 2.34. The van der Waals surface area contributed by atoms with E-state index in [0.29, 0.717) is 17.2 Å². The van der Waals surface area contributed by atoms with Gasteiger partial charge in [0.05, 0.1) is 31.1 Å². The number of benzene rings is 1. The lowest BCUT2D eigenvalue weighted by atomic mass is 10.2. The highest BCUT2D eigenvalue weighted by atomic mass is 35.5. The van der Waals surface area contributed by atoms with Crippen LogP contribution in [0.3, 0.4) is 0 Å². The molecule has 0 saturated carbocycles. The summed E-state index contributed by atoms with van der Waals surface area (Å²) in [6.07, 6.45) is -0.691. The molecule has 2 heterocycles. The number of anilines is 2. The summed E-state index contributed by atoms with van der Waals surface area (Å²) in [7, 11) is 2.81. The number of nitrogens with zero attached hydrogens (tertiary/aromatic N) is 4. The molecule has 1 aromatic carbocycles. The van der Waals surface area contributed by atoms with E-state index in [1.807, 2.05) is 0 Å². The number of alkyl halides is 3. The number of aromatic nitrogens is 4. The third-order valence-electron chi connectivity index (χ3n) is 3.55. The third-order valence-corrected chi connectivity index (χ3v) is 3.84. The molecule has 12 heteroatoms. The molecule has 0 radical (unpaired) electrons. The van der Waals surface area contributed by atoms with Crippen molar-refractivity contribution in [3.05, 3.63) is 47.5 Å². The Hall–Kier alpha value is -2.85. The van der Waals surface area contributed by atoms with Gasteiger partial charge in [0.1, 0.15) is 23.0 Å². The van der Waals surface area contributed by atoms with Gasteiger partial charge in [0.25, 0.3) is 0 Å². The number of methoxy groups -OCH3 is 2. The minimum absolute atomic E-state index is 0. The Balaban J connectivity index is 0.00000300. The van der Waals surface area contributed by atoms with Gasteiger partial charge in [-0.25, -0.2) is 15.0 Å². The number of nitrogens with one attached hydrogen (secondary N) is 1. The van der Waals surface area contributed by atoms with Crippen LogP contribution in [0.15, 0.2) is 36.8 Å². The summed E-state index contributed by atoms with van der Waals surface area (Å²) in [5.41, 5.74) is -0.733. The van der Waals surface area contributed by atoms with Crippen molar-refractivity contribution in [2.45, 2.75) is 6.18 Å². The van der Waals surface area contributed by atoms with Crippen molar-refractivity contribution < 1.29 is 22.6 Å². The Morgan fingerprint density at radius 2 is 1.72 bits per heavy atom. The zero-order valence-electron chi connectivity index (χ0n) is 15.0. The summed E-state index contributed by atoms with van der Waals surface area (Å²) in [6, 6.07) is 3.73. The summed E-state index contributed by atoms with van der Waals surface area (Å²) in [4.78, 5) is 15.4. The number of rotatable bonds is 5. The van der Waals surface area contributed by atoms with Crippen molar-refractivity contribution in [2.75, 3.05) is 19.5 Å². The summed E-state index contributed by atoms with van der Waals surface area (Å²) in [5.74, 6) is 0.249. The summed E-state index contributed by atoms with van der Waals surface area (Å²) in [6.45, 7) is 0. The Labute approximate surface area is 174 Å². The first-order chi connectivity index (χ1) is 13.3. The van der Waals surface area contributed by atoms with E-state index in [1.165, 1.54) is 44.9 Å². The van der Waals surface area contributed by atoms with E-state index >= 15 is 0 Å². The van der Waals surface area contributed by atoms with E-state index in [1.54, 1.807) is 0 Å². The average molecular weight is 448 g/mol. The number of halogens is 5. The van der Waals surface area contributed by atoms with E-state index < -0.39 is 11.9 Å². The minimum atomic E-state index is -4.68. The van der Waals surface area contributed by atoms with E-state index in [0.717, 1.165) is 6.07 Å². The molecule has 0 spiro atoms. The molecule has 0 amide bonds. The predicted molar refractivity (Wildman–Crippen MR) is 103 cm³/mol. The van der Waals surface area contributed by atoms with Gasteiger partial charge in [-0.1, -0.05) is 11.6 Å². The summed E-state index contributed by atoms with van der Waals surface area (Å²) in [5, 5.41) is 3.07. The maximum Gasteiger partial charge on any atom is 0.433 e. The fraction of sp³-hybridized carbons (Fsp3) is 0.176. The largest absolute Gasteiger partial charge is 0.495 e. The topological polar surface area (TPSA) is 82.0 Å². The first-order valence-corrected chi connectivity index (χ1v) is 8.11. The van der Waals surface area contributed by atoms with Crippen LogP contribution in [0.4, 0.5) is 24.7 Å². The van der Waals surface area contributed by atoms with Crippen molar-refractivity contribution >= 4 is 35.5 Å². The van der Waals surface area contributed by atoms with Crippen molar-refractivity contribution in [1.29, 1.82) is 0 Å². The molecule has 0 saturated heterocycles. The van der Waals surface area contributed by atoms with Crippen molar-refractivity contribution in [1.82, 2.24) is 19.9 Å². The monoisotopic (exact) mass is 447 g/mol. The van der Waals surface area contributed by atoms with Crippen LogP contribution < -0.4 is 14.8 Å². The average Bonchev–Trinajstić information content (AvgIpc) is 2.68. The van der Waals surface area contributed by atoms with Gasteiger partial charge in [0.2, 0.25) is 0 Å².